The van der Waals surface area contributed by atoms with Gasteiger partial charge in [-0.25, -0.2) is 9.78 Å². The van der Waals surface area contributed by atoms with Crippen LogP contribution in [0.4, 0.5) is 5.13 Å². The highest BCUT2D eigenvalue weighted by Crippen LogP contribution is 2.46. The molecule has 21 heteroatoms. The van der Waals surface area contributed by atoms with Crippen LogP contribution in [0.3, 0.4) is 0 Å². The Balaban J connectivity index is 1.30. The van der Waals surface area contributed by atoms with Gasteiger partial charge in [-0.2, -0.15) is 0 Å². The van der Waals surface area contributed by atoms with Crippen molar-refractivity contribution in [2.75, 3.05) is 44.2 Å². The van der Waals surface area contributed by atoms with Gasteiger partial charge in [0.1, 0.15) is 16.6 Å². The predicted octanol–water partition coefficient (Wildman–Crippen LogP) is 1.83. The molecule has 2 aromatic rings. The zero-order chi connectivity index (χ0) is 37.4. The van der Waals surface area contributed by atoms with Crippen LogP contribution in [0.15, 0.2) is 22.5 Å². The number of thiazole rings is 1. The van der Waals surface area contributed by atoms with Crippen molar-refractivity contribution in [1.82, 2.24) is 15.2 Å². The van der Waals surface area contributed by atoms with Crippen LogP contribution < -0.4 is 16.2 Å². The van der Waals surface area contributed by atoms with E-state index in [4.69, 9.17) is 50.5 Å². The molecular formula is C30H31Cl3N6O10S2. The SMILES string of the molecule is C[C@H](O/N=C(\C(=O)C[C@@H]1C(=O)N2C(C(=O)[O-])=C(C[N+]3(CCNC(=O)c4cc(Cl)c(O)c(O)c4Cl)CCCC3)CS[C@H]12)c1nc(N)sc1Cl)C(=O)O. The lowest BCUT2D eigenvalue weighted by Gasteiger charge is -2.51. The van der Waals surface area contributed by atoms with E-state index in [0.717, 1.165) is 35.1 Å². The Kier molecular flexibility index (Phi) is 11.6. The molecule has 0 spiro atoms. The number of quaternary nitrogens is 1. The fourth-order valence-corrected chi connectivity index (χ4v) is 8.99. The van der Waals surface area contributed by atoms with E-state index in [1.165, 1.54) is 18.7 Å². The van der Waals surface area contributed by atoms with E-state index in [9.17, 15) is 39.3 Å². The molecule has 5 rings (SSSR count). The molecule has 0 unspecified atom stereocenters. The van der Waals surface area contributed by atoms with Crippen molar-refractivity contribution in [3.05, 3.63) is 43.0 Å². The van der Waals surface area contributed by atoms with Gasteiger partial charge in [-0.05, 0) is 13.0 Å². The fraction of sp³-hybridized carbons (Fsp3) is 0.433. The summed E-state index contributed by atoms with van der Waals surface area (Å²) in [5.41, 5.74) is 5.24. The summed E-state index contributed by atoms with van der Waals surface area (Å²) in [5.74, 6) is -6.96. The highest BCUT2D eigenvalue weighted by molar-refractivity contribution is 8.00. The number of halogens is 3. The average molecular weight is 806 g/mol. The fourth-order valence-electron chi connectivity index (χ4n) is 6.23. The molecule has 2 fully saturated rings. The molecule has 3 atom stereocenters. The molecule has 3 aliphatic rings. The number of rotatable bonds is 14. The Morgan fingerprint density at radius 3 is 2.51 bits per heavy atom. The molecule has 0 bridgehead atoms. The van der Waals surface area contributed by atoms with E-state index in [-0.39, 0.29) is 55.3 Å². The number of amides is 2. The van der Waals surface area contributed by atoms with Crippen molar-refractivity contribution in [3.63, 3.8) is 0 Å². The molecular weight excluding hydrogens is 775 g/mol. The number of phenols is 2. The molecule has 51 heavy (non-hydrogen) atoms. The smallest absolute Gasteiger partial charge is 0.347 e. The highest BCUT2D eigenvalue weighted by atomic mass is 35.5. The lowest BCUT2D eigenvalue weighted by molar-refractivity contribution is -0.911. The maximum absolute atomic E-state index is 13.5. The number of anilines is 1. The molecule has 1 aromatic heterocycles. The second-order valence-electron chi connectivity index (χ2n) is 12.1. The van der Waals surface area contributed by atoms with Crippen LogP contribution in [0, 0.1) is 5.92 Å². The number of ketones is 1. The summed E-state index contributed by atoms with van der Waals surface area (Å²) in [6.07, 6.45) is -0.139. The van der Waals surface area contributed by atoms with E-state index >= 15 is 0 Å². The van der Waals surface area contributed by atoms with Crippen molar-refractivity contribution in [1.29, 1.82) is 0 Å². The zero-order valence-electron chi connectivity index (χ0n) is 26.7. The molecule has 6 N–H and O–H groups in total. The van der Waals surface area contributed by atoms with E-state index in [2.05, 4.69) is 15.5 Å². The highest BCUT2D eigenvalue weighted by Gasteiger charge is 2.53. The number of carboxylic acid groups (broad SMARTS) is 2. The molecule has 0 radical (unpaired) electrons. The zero-order valence-corrected chi connectivity index (χ0v) is 30.6. The number of β-lactam (4-membered cyclic amide) rings is 1. The van der Waals surface area contributed by atoms with E-state index in [0.29, 0.717) is 29.7 Å². The Labute approximate surface area is 313 Å². The first-order valence-corrected chi connectivity index (χ1v) is 18.4. The van der Waals surface area contributed by atoms with Crippen LogP contribution >= 0.6 is 57.9 Å². The molecule has 2 amide bonds. The monoisotopic (exact) mass is 804 g/mol. The molecule has 0 aliphatic carbocycles. The number of nitrogens with one attached hydrogen (secondary N) is 1. The quantitative estimate of drug-likeness (QED) is 0.0602. The molecule has 3 aliphatic heterocycles. The summed E-state index contributed by atoms with van der Waals surface area (Å²) in [6.45, 7) is 3.37. The van der Waals surface area contributed by atoms with Gasteiger partial charge in [0.25, 0.3) is 5.91 Å². The number of nitrogens with two attached hydrogens (primary N) is 1. The van der Waals surface area contributed by atoms with Gasteiger partial charge in [0, 0.05) is 30.6 Å². The number of hydrogen-bond acceptors (Lipinski definition) is 14. The third-order valence-electron chi connectivity index (χ3n) is 8.82. The number of thioether (sulfide) groups is 1. The van der Waals surface area contributed by atoms with Gasteiger partial charge >= 0.3 is 5.97 Å². The number of aromatic hydroxyl groups is 2. The minimum Gasteiger partial charge on any atom is -0.543 e. The molecule has 16 nitrogen and oxygen atoms in total. The van der Waals surface area contributed by atoms with Crippen LogP contribution in [0.2, 0.25) is 14.4 Å². The first kappa shape index (κ1) is 38.4. The molecule has 1 aromatic carbocycles. The minimum absolute atomic E-state index is 0.00188. The Morgan fingerprint density at radius 1 is 1.22 bits per heavy atom. The number of fused-ring (bicyclic) bond motifs is 1. The molecule has 274 valence electrons. The van der Waals surface area contributed by atoms with Crippen LogP contribution in [0.25, 0.3) is 0 Å². The van der Waals surface area contributed by atoms with Crippen LogP contribution in [-0.2, 0) is 24.0 Å². The van der Waals surface area contributed by atoms with E-state index in [1.54, 1.807) is 0 Å². The first-order valence-electron chi connectivity index (χ1n) is 15.4. The van der Waals surface area contributed by atoms with E-state index in [1.807, 2.05) is 0 Å². The van der Waals surface area contributed by atoms with Gasteiger partial charge in [-0.3, -0.25) is 19.3 Å². The predicted molar refractivity (Wildman–Crippen MR) is 186 cm³/mol. The topological polar surface area (TPSA) is 245 Å². The minimum atomic E-state index is -1.54. The van der Waals surface area contributed by atoms with Crippen molar-refractivity contribution in [3.8, 4) is 11.5 Å². The largest absolute Gasteiger partial charge is 0.543 e. The normalized spacial score (nSPS) is 20.4. The lowest BCUT2D eigenvalue weighted by atomic mass is 9.89. The van der Waals surface area contributed by atoms with Gasteiger partial charge in [0.15, 0.2) is 28.1 Å². The second kappa shape index (κ2) is 15.4. The third-order valence-corrected chi connectivity index (χ3v) is 12.0. The Hall–Kier alpha value is -3.81. The number of Topliss-reactive ketones (excluding diaryl/α,β-unsaturated/α-hetero) is 1. The standard InChI is InChI=1S/C30H31Cl3N6O10S2/c1-12(28(45)46)49-37-19(20-24(33)51-30(34)36-20)17(40)9-15-26(44)38-21(29(47)48)13(11-50-27(15)38)10-39(5-2-3-6-39)7-4-35-25(43)14-8-16(31)22(41)23(42)18(14)32/h8,12,15,27H,2-7,9-11H2,1H3,(H6-,34,35,36,37,40,41,42,43,45,46,47,48)/t12-,15+,27+/m0/s1. The van der Waals surface area contributed by atoms with Gasteiger partial charge in [0.05, 0.1) is 64.7 Å². The number of oxime groups is 1. The average Bonchev–Trinajstić information content (AvgIpc) is 3.68. The number of carbonyl (C=O) groups is 5. The summed E-state index contributed by atoms with van der Waals surface area (Å²) in [7, 11) is 0. The Morgan fingerprint density at radius 2 is 1.90 bits per heavy atom. The lowest BCUT2D eigenvalue weighted by Crippen LogP contribution is -2.64. The number of nitrogen functional groups attached to an aromatic ring is 1. The van der Waals surface area contributed by atoms with Crippen molar-refractivity contribution in [2.24, 2.45) is 11.1 Å². The van der Waals surface area contributed by atoms with Crippen molar-refractivity contribution < 1.29 is 53.7 Å². The van der Waals surface area contributed by atoms with Crippen LogP contribution in [-0.4, -0.2) is 115 Å². The van der Waals surface area contributed by atoms with Crippen molar-refractivity contribution >= 4 is 98.3 Å². The summed E-state index contributed by atoms with van der Waals surface area (Å²) >= 11 is 20.3. The summed E-state index contributed by atoms with van der Waals surface area (Å²) in [5, 5.41) is 46.6. The number of carboxylic acids is 2. The number of benzene rings is 1. The van der Waals surface area contributed by atoms with Gasteiger partial charge in [-0.15, -0.1) is 11.8 Å². The number of likely N-dealkylation sites (tertiary alicyclic amines) is 1. The molecule has 2 saturated heterocycles. The Bertz CT molecular complexity index is 1870. The molecule has 0 saturated carbocycles. The van der Waals surface area contributed by atoms with Crippen LogP contribution in [0.5, 0.6) is 11.5 Å². The first-order chi connectivity index (χ1) is 24.0. The maximum Gasteiger partial charge on any atom is 0.347 e. The molecule has 4 heterocycles. The summed E-state index contributed by atoms with van der Waals surface area (Å²) in [6, 6.07) is 1.14. The number of aliphatic carboxylic acids is 2. The number of aromatic nitrogens is 1. The van der Waals surface area contributed by atoms with Gasteiger partial charge in [0.2, 0.25) is 12.0 Å². The van der Waals surface area contributed by atoms with Gasteiger partial charge in [-0.1, -0.05) is 51.3 Å². The van der Waals surface area contributed by atoms with Gasteiger partial charge < -0.3 is 45.6 Å². The van der Waals surface area contributed by atoms with E-state index < -0.39 is 70.6 Å². The summed E-state index contributed by atoms with van der Waals surface area (Å²) < 4.78 is 0.418. The van der Waals surface area contributed by atoms with Crippen molar-refractivity contribution in [2.45, 2.75) is 37.7 Å². The number of phenolic OH excluding ortho intramolecular Hbond substituents is 2. The number of nitrogens with zero attached hydrogens (tertiary/aromatic N) is 4. The second-order valence-corrected chi connectivity index (χ2v) is 15.7. The maximum atomic E-state index is 13.5. The number of hydrogen-bond donors (Lipinski definition) is 5. The summed E-state index contributed by atoms with van der Waals surface area (Å²) in [4.78, 5) is 73.7. The number of carbonyl (C=O) groups excluding carboxylic acids is 4. The van der Waals surface area contributed by atoms with Crippen LogP contribution in [0.1, 0.15) is 42.2 Å². The third kappa shape index (κ3) is 7.85.